The number of hydrogen-bond donors (Lipinski definition) is 0. The van der Waals surface area contributed by atoms with Crippen LogP contribution in [0, 0.1) is 0 Å². The summed E-state index contributed by atoms with van der Waals surface area (Å²) < 4.78 is 23.2. The van der Waals surface area contributed by atoms with E-state index in [0.717, 1.165) is 33.6 Å². The third-order valence-corrected chi connectivity index (χ3v) is 7.30. The van der Waals surface area contributed by atoms with E-state index in [0.29, 0.717) is 17.1 Å². The quantitative estimate of drug-likeness (QED) is 0.166. The predicted molar refractivity (Wildman–Crippen MR) is 162 cm³/mol. The lowest BCUT2D eigenvalue weighted by Crippen LogP contribution is -2.51. The summed E-state index contributed by atoms with van der Waals surface area (Å²) in [5.74, 6) is 0.403. The molecule has 1 fully saturated rings. The predicted octanol–water partition coefficient (Wildman–Crippen LogP) is 7.32. The number of carbonyl (C=O) groups excluding carboxylic acids is 2. The molecule has 0 spiro atoms. The standard InChI is InChI=1S/C36H32O6/c1-24(37)41-35(28-11-7-5-8-12-28)33-32(23-26-15-19-30(39-3)20-16-26)36(42-25(2)38,29-13-9-6-10-14-29)34(33)27-17-21-31(40-4)22-18-27/h5-23,34H,1-4H3/b32-23+,35-33+. The second-order valence-electron chi connectivity index (χ2n) is 9.94. The molecule has 0 amide bonds. The van der Waals surface area contributed by atoms with Gasteiger partial charge in [0.15, 0.2) is 5.60 Å². The second kappa shape index (κ2) is 12.2. The average Bonchev–Trinajstić information content (AvgIpc) is 3.01. The summed E-state index contributed by atoms with van der Waals surface area (Å²) in [7, 11) is 3.23. The lowest BCUT2D eigenvalue weighted by molar-refractivity contribution is -0.159. The molecule has 0 aromatic heterocycles. The number of methoxy groups -OCH3 is 2. The first kappa shape index (κ1) is 28.4. The van der Waals surface area contributed by atoms with Crippen molar-refractivity contribution in [1.29, 1.82) is 0 Å². The Morgan fingerprint density at radius 3 is 1.76 bits per heavy atom. The zero-order valence-corrected chi connectivity index (χ0v) is 24.0. The number of benzene rings is 4. The first-order valence-corrected chi connectivity index (χ1v) is 13.6. The van der Waals surface area contributed by atoms with E-state index < -0.39 is 23.5 Å². The largest absolute Gasteiger partial charge is 0.497 e. The van der Waals surface area contributed by atoms with Gasteiger partial charge in [-0.05, 0) is 41.5 Å². The van der Waals surface area contributed by atoms with Gasteiger partial charge in [-0.25, -0.2) is 0 Å². The number of esters is 2. The van der Waals surface area contributed by atoms with Crippen LogP contribution >= 0.6 is 0 Å². The number of rotatable bonds is 8. The van der Waals surface area contributed by atoms with E-state index >= 15 is 0 Å². The van der Waals surface area contributed by atoms with Crippen molar-refractivity contribution in [3.63, 3.8) is 0 Å². The molecule has 0 bridgehead atoms. The van der Waals surface area contributed by atoms with Crippen LogP contribution in [0.3, 0.4) is 0 Å². The summed E-state index contributed by atoms with van der Waals surface area (Å²) in [5, 5.41) is 0. The van der Waals surface area contributed by atoms with Gasteiger partial charge in [0, 0.05) is 36.1 Å². The van der Waals surface area contributed by atoms with E-state index in [2.05, 4.69) is 0 Å². The molecule has 4 aromatic carbocycles. The first-order valence-electron chi connectivity index (χ1n) is 13.6. The fourth-order valence-corrected chi connectivity index (χ4v) is 5.55. The molecule has 2 unspecified atom stereocenters. The molecule has 1 aliphatic rings. The number of hydrogen-bond acceptors (Lipinski definition) is 6. The molecule has 4 aromatic rings. The van der Waals surface area contributed by atoms with Gasteiger partial charge in [0.25, 0.3) is 0 Å². The first-order chi connectivity index (χ1) is 20.4. The van der Waals surface area contributed by atoms with Crippen molar-refractivity contribution in [3.8, 4) is 11.5 Å². The summed E-state index contributed by atoms with van der Waals surface area (Å²) in [6.45, 7) is 2.79. The minimum absolute atomic E-state index is 0.405. The van der Waals surface area contributed by atoms with E-state index in [9.17, 15) is 9.59 Å². The van der Waals surface area contributed by atoms with Crippen molar-refractivity contribution in [1.82, 2.24) is 0 Å². The van der Waals surface area contributed by atoms with Crippen LogP contribution in [0.5, 0.6) is 11.5 Å². The maximum Gasteiger partial charge on any atom is 0.308 e. The highest BCUT2D eigenvalue weighted by Crippen LogP contribution is 2.65. The molecule has 0 saturated heterocycles. The average molecular weight is 561 g/mol. The van der Waals surface area contributed by atoms with Crippen molar-refractivity contribution in [3.05, 3.63) is 143 Å². The lowest BCUT2D eigenvalue weighted by Gasteiger charge is -2.53. The van der Waals surface area contributed by atoms with Gasteiger partial charge in [0.1, 0.15) is 17.3 Å². The maximum absolute atomic E-state index is 12.9. The molecule has 2 atom stereocenters. The Morgan fingerprint density at radius 2 is 1.24 bits per heavy atom. The summed E-state index contributed by atoms with van der Waals surface area (Å²) in [6.07, 6.45) is 1.98. The lowest BCUT2D eigenvalue weighted by atomic mass is 9.55. The molecular weight excluding hydrogens is 528 g/mol. The summed E-state index contributed by atoms with van der Waals surface area (Å²) >= 11 is 0. The zero-order valence-electron chi connectivity index (χ0n) is 24.0. The zero-order chi connectivity index (χ0) is 29.7. The molecule has 5 rings (SSSR count). The molecule has 6 heteroatoms. The fraction of sp³-hybridized carbons (Fsp3) is 0.167. The van der Waals surface area contributed by atoms with Crippen LogP contribution in [0.4, 0.5) is 0 Å². The monoisotopic (exact) mass is 560 g/mol. The molecule has 0 heterocycles. The number of ether oxygens (including phenoxy) is 4. The van der Waals surface area contributed by atoms with E-state index in [1.165, 1.54) is 13.8 Å². The van der Waals surface area contributed by atoms with Crippen LogP contribution in [0.1, 0.15) is 42.0 Å². The third kappa shape index (κ3) is 5.44. The molecular formula is C36H32O6. The Balaban J connectivity index is 1.89. The van der Waals surface area contributed by atoms with Crippen molar-refractivity contribution < 1.29 is 28.5 Å². The van der Waals surface area contributed by atoms with Gasteiger partial charge in [0.05, 0.1) is 20.1 Å². The molecule has 0 aliphatic heterocycles. The Bertz CT molecular complexity index is 1620. The number of carbonyl (C=O) groups is 2. The Kier molecular flexibility index (Phi) is 8.25. The molecule has 1 aliphatic carbocycles. The van der Waals surface area contributed by atoms with E-state index in [1.807, 2.05) is 115 Å². The van der Waals surface area contributed by atoms with Gasteiger partial charge in [-0.3, -0.25) is 9.59 Å². The normalized spacial score (nSPS) is 19.8. The van der Waals surface area contributed by atoms with Gasteiger partial charge >= 0.3 is 11.9 Å². The highest BCUT2D eigenvalue weighted by molar-refractivity contribution is 5.88. The van der Waals surface area contributed by atoms with Crippen molar-refractivity contribution in [2.24, 2.45) is 0 Å². The van der Waals surface area contributed by atoms with Crippen molar-refractivity contribution in [2.75, 3.05) is 14.2 Å². The highest BCUT2D eigenvalue weighted by Gasteiger charge is 2.61. The molecule has 1 saturated carbocycles. The van der Waals surface area contributed by atoms with Crippen LogP contribution in [-0.4, -0.2) is 26.2 Å². The van der Waals surface area contributed by atoms with Crippen LogP contribution in [0.15, 0.2) is 120 Å². The topological polar surface area (TPSA) is 71.1 Å². The molecule has 0 radical (unpaired) electrons. The maximum atomic E-state index is 12.9. The SMILES string of the molecule is COc1ccc(/C=C2\C(=C(/OC(C)=O)c3ccccc3)C(c3ccc(OC)cc3)C2(OC(C)=O)c2ccccc2)cc1. The Labute approximate surface area is 245 Å². The van der Waals surface area contributed by atoms with Crippen LogP contribution in [-0.2, 0) is 24.7 Å². The van der Waals surface area contributed by atoms with Gasteiger partial charge in [-0.1, -0.05) is 84.9 Å². The van der Waals surface area contributed by atoms with Crippen LogP contribution < -0.4 is 9.47 Å². The van der Waals surface area contributed by atoms with Gasteiger partial charge in [-0.15, -0.1) is 0 Å². The van der Waals surface area contributed by atoms with E-state index in [1.54, 1.807) is 14.2 Å². The molecule has 42 heavy (non-hydrogen) atoms. The van der Waals surface area contributed by atoms with Crippen molar-refractivity contribution >= 4 is 23.8 Å². The fourth-order valence-electron chi connectivity index (χ4n) is 5.55. The van der Waals surface area contributed by atoms with Crippen molar-refractivity contribution in [2.45, 2.75) is 25.4 Å². The Hall–Kier alpha value is -5.10. The second-order valence-corrected chi connectivity index (χ2v) is 9.94. The summed E-state index contributed by atoms with van der Waals surface area (Å²) in [5.41, 5.74) is 3.46. The van der Waals surface area contributed by atoms with Gasteiger partial charge in [0.2, 0.25) is 0 Å². The van der Waals surface area contributed by atoms with E-state index in [4.69, 9.17) is 18.9 Å². The van der Waals surface area contributed by atoms with Gasteiger partial charge < -0.3 is 18.9 Å². The smallest absolute Gasteiger partial charge is 0.308 e. The summed E-state index contributed by atoms with van der Waals surface area (Å²) in [4.78, 5) is 25.5. The molecule has 212 valence electrons. The van der Waals surface area contributed by atoms with Crippen LogP contribution in [0.2, 0.25) is 0 Å². The van der Waals surface area contributed by atoms with E-state index in [-0.39, 0.29) is 0 Å². The minimum atomic E-state index is -1.23. The minimum Gasteiger partial charge on any atom is -0.497 e. The Morgan fingerprint density at radius 1 is 0.690 bits per heavy atom. The molecule has 0 N–H and O–H groups in total. The third-order valence-electron chi connectivity index (χ3n) is 7.30. The molecule has 6 nitrogen and oxygen atoms in total. The highest BCUT2D eigenvalue weighted by atomic mass is 16.6. The van der Waals surface area contributed by atoms with Gasteiger partial charge in [-0.2, -0.15) is 0 Å². The summed E-state index contributed by atoms with van der Waals surface area (Å²) in [6, 6.07) is 34.4. The van der Waals surface area contributed by atoms with Crippen LogP contribution in [0.25, 0.3) is 11.8 Å².